The van der Waals surface area contributed by atoms with Crippen LogP contribution in [0.1, 0.15) is 57.6 Å². The van der Waals surface area contributed by atoms with E-state index in [4.69, 9.17) is 4.74 Å². The number of carbonyl (C=O) groups is 1. The lowest BCUT2D eigenvalue weighted by Gasteiger charge is -2.37. The molecule has 0 radical (unpaired) electrons. The fourth-order valence-corrected chi connectivity index (χ4v) is 3.98. The Kier molecular flexibility index (Phi) is 6.12. The van der Waals surface area contributed by atoms with E-state index >= 15 is 0 Å². The van der Waals surface area contributed by atoms with E-state index in [1.807, 2.05) is 11.7 Å². The van der Waals surface area contributed by atoms with Crippen LogP contribution in [0.25, 0.3) is 0 Å². The molecule has 25 heavy (non-hydrogen) atoms. The number of anilines is 1. The van der Waals surface area contributed by atoms with Crippen LogP contribution in [0.15, 0.2) is 6.07 Å². The van der Waals surface area contributed by atoms with Crippen LogP contribution in [0.4, 0.5) is 5.82 Å². The maximum Gasteiger partial charge on any atom is 0.243 e. The minimum absolute atomic E-state index is 0.0961. The molecule has 3 rings (SSSR count). The highest BCUT2D eigenvalue weighted by molar-refractivity contribution is 5.94. The third kappa shape index (κ3) is 4.06. The van der Waals surface area contributed by atoms with E-state index in [0.29, 0.717) is 25.0 Å². The van der Waals surface area contributed by atoms with Gasteiger partial charge in [-0.2, -0.15) is 5.10 Å². The molecule has 1 atom stereocenters. The number of nitrogens with zero attached hydrogens (tertiary/aromatic N) is 3. The van der Waals surface area contributed by atoms with Gasteiger partial charge in [-0.05, 0) is 18.8 Å². The van der Waals surface area contributed by atoms with Crippen molar-refractivity contribution in [2.24, 2.45) is 13.0 Å². The molecule has 1 amide bonds. The summed E-state index contributed by atoms with van der Waals surface area (Å²) in [7, 11) is 1.92. The van der Waals surface area contributed by atoms with Gasteiger partial charge in [0.1, 0.15) is 5.82 Å². The van der Waals surface area contributed by atoms with Crippen molar-refractivity contribution in [3.8, 4) is 0 Å². The number of ether oxygens (including phenoxy) is 1. The van der Waals surface area contributed by atoms with Gasteiger partial charge >= 0.3 is 0 Å². The average molecular weight is 348 g/mol. The molecule has 1 aliphatic carbocycles. The SMILES string of the molecule is CCC(CC)C(C(=O)Nc1cc(C2CCC2)nn1C)N1CCOCC1. The number of aromatic nitrogens is 2. The van der Waals surface area contributed by atoms with Crippen LogP contribution in [0.2, 0.25) is 0 Å². The molecular weight excluding hydrogens is 316 g/mol. The first-order valence-electron chi connectivity index (χ1n) is 9.80. The van der Waals surface area contributed by atoms with Crippen LogP contribution in [0.5, 0.6) is 0 Å². The fourth-order valence-electron chi connectivity index (χ4n) is 3.98. The van der Waals surface area contributed by atoms with Gasteiger partial charge in [0, 0.05) is 32.1 Å². The van der Waals surface area contributed by atoms with Crippen LogP contribution >= 0.6 is 0 Å². The minimum atomic E-state index is -0.0963. The van der Waals surface area contributed by atoms with Gasteiger partial charge in [-0.1, -0.05) is 33.1 Å². The van der Waals surface area contributed by atoms with Gasteiger partial charge in [0.2, 0.25) is 5.91 Å². The zero-order chi connectivity index (χ0) is 17.8. The highest BCUT2D eigenvalue weighted by Crippen LogP contribution is 2.36. The molecule has 1 saturated heterocycles. The van der Waals surface area contributed by atoms with E-state index in [0.717, 1.165) is 37.4 Å². The Labute approximate surface area is 150 Å². The Hall–Kier alpha value is -1.40. The third-order valence-electron chi connectivity index (χ3n) is 5.88. The van der Waals surface area contributed by atoms with Crippen LogP contribution in [0, 0.1) is 5.92 Å². The highest BCUT2D eigenvalue weighted by Gasteiger charge is 2.33. The second kappa shape index (κ2) is 8.32. The molecule has 0 aromatic carbocycles. The van der Waals surface area contributed by atoms with E-state index < -0.39 is 0 Å². The molecule has 1 saturated carbocycles. The predicted octanol–water partition coefficient (Wildman–Crippen LogP) is 2.76. The quantitative estimate of drug-likeness (QED) is 0.823. The second-order valence-corrected chi connectivity index (χ2v) is 7.36. The lowest BCUT2D eigenvalue weighted by molar-refractivity contribution is -0.125. The lowest BCUT2D eigenvalue weighted by atomic mass is 9.83. The maximum absolute atomic E-state index is 13.2. The molecule has 6 nitrogen and oxygen atoms in total. The van der Waals surface area contributed by atoms with E-state index in [-0.39, 0.29) is 11.9 Å². The van der Waals surface area contributed by atoms with Crippen molar-refractivity contribution in [2.75, 3.05) is 31.6 Å². The zero-order valence-corrected chi connectivity index (χ0v) is 15.8. The van der Waals surface area contributed by atoms with Crippen molar-refractivity contribution < 1.29 is 9.53 Å². The van der Waals surface area contributed by atoms with Crippen LogP contribution < -0.4 is 5.32 Å². The topological polar surface area (TPSA) is 59.4 Å². The zero-order valence-electron chi connectivity index (χ0n) is 15.8. The Morgan fingerprint density at radius 3 is 2.56 bits per heavy atom. The molecule has 6 heteroatoms. The first kappa shape index (κ1) is 18.4. The molecule has 0 spiro atoms. The maximum atomic E-state index is 13.2. The number of rotatable bonds is 7. The summed E-state index contributed by atoms with van der Waals surface area (Å²) in [6.45, 7) is 7.42. The van der Waals surface area contributed by atoms with Crippen molar-refractivity contribution in [2.45, 2.75) is 57.9 Å². The van der Waals surface area contributed by atoms with Gasteiger partial charge in [-0.25, -0.2) is 0 Å². The number of hydrogen-bond acceptors (Lipinski definition) is 4. The van der Waals surface area contributed by atoms with E-state index in [9.17, 15) is 4.79 Å². The first-order valence-corrected chi connectivity index (χ1v) is 9.80. The smallest absolute Gasteiger partial charge is 0.243 e. The number of hydrogen-bond donors (Lipinski definition) is 1. The summed E-state index contributed by atoms with van der Waals surface area (Å²) < 4.78 is 7.29. The summed E-state index contributed by atoms with van der Waals surface area (Å²) in [5.41, 5.74) is 1.12. The van der Waals surface area contributed by atoms with Crippen molar-refractivity contribution in [1.82, 2.24) is 14.7 Å². The van der Waals surface area contributed by atoms with Gasteiger partial charge in [0.15, 0.2) is 0 Å². The number of morpholine rings is 1. The van der Waals surface area contributed by atoms with E-state index in [1.54, 1.807) is 0 Å². The van der Waals surface area contributed by atoms with Gasteiger partial charge in [-0.15, -0.1) is 0 Å². The second-order valence-electron chi connectivity index (χ2n) is 7.36. The summed E-state index contributed by atoms with van der Waals surface area (Å²) in [4.78, 5) is 15.4. The van der Waals surface area contributed by atoms with Crippen LogP contribution in [0.3, 0.4) is 0 Å². The molecule has 2 aliphatic rings. The Morgan fingerprint density at radius 2 is 2.00 bits per heavy atom. The minimum Gasteiger partial charge on any atom is -0.379 e. The molecule has 0 bridgehead atoms. The largest absolute Gasteiger partial charge is 0.379 e. The van der Waals surface area contributed by atoms with Crippen molar-refractivity contribution >= 4 is 11.7 Å². The molecule has 1 N–H and O–H groups in total. The van der Waals surface area contributed by atoms with Gasteiger partial charge in [0.25, 0.3) is 0 Å². The van der Waals surface area contributed by atoms with Gasteiger partial charge in [0.05, 0.1) is 24.9 Å². The summed E-state index contributed by atoms with van der Waals surface area (Å²) in [5.74, 6) is 1.85. The van der Waals surface area contributed by atoms with Crippen molar-refractivity contribution in [3.63, 3.8) is 0 Å². The van der Waals surface area contributed by atoms with E-state index in [1.165, 1.54) is 19.3 Å². The molecular formula is C19H32N4O2. The Bertz CT molecular complexity index is 572. The number of carbonyl (C=O) groups excluding carboxylic acids is 1. The Balaban J connectivity index is 1.73. The fraction of sp³-hybridized carbons (Fsp3) is 0.789. The number of nitrogens with one attached hydrogen (secondary N) is 1. The molecule has 1 aromatic rings. The Morgan fingerprint density at radius 1 is 1.32 bits per heavy atom. The normalized spacial score (nSPS) is 20.5. The summed E-state index contributed by atoms with van der Waals surface area (Å²) in [5, 5.41) is 7.77. The molecule has 140 valence electrons. The standard InChI is InChI=1S/C19H32N4O2/c1-4-14(5-2)18(23-9-11-25-12-10-23)19(24)20-17-13-16(21-22(17)3)15-7-6-8-15/h13-15,18H,4-12H2,1-3H3,(H,20,24). The summed E-state index contributed by atoms with van der Waals surface area (Å²) in [6.07, 6.45) is 5.73. The molecule has 1 unspecified atom stereocenters. The lowest BCUT2D eigenvalue weighted by Crippen LogP contribution is -2.52. The van der Waals surface area contributed by atoms with E-state index in [2.05, 4.69) is 35.2 Å². The summed E-state index contributed by atoms with van der Waals surface area (Å²) in [6, 6.07) is 1.96. The summed E-state index contributed by atoms with van der Waals surface area (Å²) >= 11 is 0. The van der Waals surface area contributed by atoms with Crippen LogP contribution in [-0.4, -0.2) is 52.9 Å². The molecule has 2 heterocycles. The van der Waals surface area contributed by atoms with Gasteiger partial charge < -0.3 is 10.1 Å². The average Bonchev–Trinajstić information content (AvgIpc) is 2.91. The third-order valence-corrected chi connectivity index (χ3v) is 5.88. The van der Waals surface area contributed by atoms with Gasteiger partial charge in [-0.3, -0.25) is 14.4 Å². The van der Waals surface area contributed by atoms with Crippen LogP contribution in [-0.2, 0) is 16.6 Å². The monoisotopic (exact) mass is 348 g/mol. The molecule has 2 fully saturated rings. The molecule has 1 aliphatic heterocycles. The van der Waals surface area contributed by atoms with Crippen molar-refractivity contribution in [1.29, 1.82) is 0 Å². The van der Waals surface area contributed by atoms with Crippen molar-refractivity contribution in [3.05, 3.63) is 11.8 Å². The first-order chi connectivity index (χ1) is 12.1. The number of amides is 1. The molecule has 1 aromatic heterocycles. The highest BCUT2D eigenvalue weighted by atomic mass is 16.5. The number of aryl methyl sites for hydroxylation is 1. The predicted molar refractivity (Wildman–Crippen MR) is 98.7 cm³/mol.